The van der Waals surface area contributed by atoms with Crippen LogP contribution in [-0.4, -0.2) is 34.3 Å². The minimum Gasteiger partial charge on any atom is -0.471 e. The number of rotatable bonds is 4. The fourth-order valence-corrected chi connectivity index (χ4v) is 5.12. The van der Waals surface area contributed by atoms with E-state index >= 15 is 0 Å². The molecule has 10 heteroatoms. The van der Waals surface area contributed by atoms with Crippen molar-refractivity contribution >= 4 is 49.0 Å². The van der Waals surface area contributed by atoms with Crippen molar-refractivity contribution in [3.05, 3.63) is 65.2 Å². The monoisotopic (exact) mass is 461 g/mol. The molecule has 32 heavy (non-hydrogen) atoms. The third-order valence-electron chi connectivity index (χ3n) is 5.21. The van der Waals surface area contributed by atoms with Crippen molar-refractivity contribution in [3.8, 4) is 17.3 Å². The van der Waals surface area contributed by atoms with Gasteiger partial charge in [-0.25, -0.2) is 24.1 Å². The van der Waals surface area contributed by atoms with Gasteiger partial charge in [-0.2, -0.15) is 5.10 Å². The quantitative estimate of drug-likeness (QED) is 0.365. The van der Waals surface area contributed by atoms with Gasteiger partial charge in [-0.3, -0.25) is 0 Å². The van der Waals surface area contributed by atoms with Crippen LogP contribution in [0.1, 0.15) is 11.3 Å². The summed E-state index contributed by atoms with van der Waals surface area (Å²) in [6.45, 7) is 4.31. The number of benzene rings is 1. The topological polar surface area (TPSA) is 83.0 Å². The Morgan fingerprint density at radius 2 is 1.94 bits per heavy atom. The molecule has 0 saturated carbocycles. The van der Waals surface area contributed by atoms with Gasteiger partial charge >= 0.3 is 0 Å². The summed E-state index contributed by atoms with van der Waals surface area (Å²) in [5.41, 5.74) is 4.55. The minimum atomic E-state index is 0.221. The van der Waals surface area contributed by atoms with E-state index < -0.39 is 0 Å². The molecular formula is C22H16ClN7OS. The van der Waals surface area contributed by atoms with E-state index in [9.17, 15) is 0 Å². The van der Waals surface area contributed by atoms with Gasteiger partial charge in [0.2, 0.25) is 5.82 Å². The summed E-state index contributed by atoms with van der Waals surface area (Å²) >= 11 is 7.53. The SMILES string of the molecule is Cc1cc(C)c2c(n1)sc1c2ncn2nc(-c3ccnn3COc3ccc(Cl)cc3)nc12. The van der Waals surface area contributed by atoms with Crippen LogP contribution in [0.5, 0.6) is 5.75 Å². The minimum absolute atomic E-state index is 0.221. The van der Waals surface area contributed by atoms with E-state index in [1.54, 1.807) is 45.2 Å². The van der Waals surface area contributed by atoms with Crippen LogP contribution in [-0.2, 0) is 6.73 Å². The summed E-state index contributed by atoms with van der Waals surface area (Å²) in [6, 6.07) is 11.1. The Balaban J connectivity index is 1.41. The largest absolute Gasteiger partial charge is 0.471 e. The molecule has 6 aromatic rings. The summed E-state index contributed by atoms with van der Waals surface area (Å²) in [5.74, 6) is 1.25. The second kappa shape index (κ2) is 7.25. The summed E-state index contributed by atoms with van der Waals surface area (Å²) in [6.07, 6.45) is 3.40. The van der Waals surface area contributed by atoms with Crippen LogP contribution in [0.2, 0.25) is 5.02 Å². The zero-order valence-electron chi connectivity index (χ0n) is 17.2. The van der Waals surface area contributed by atoms with Crippen molar-refractivity contribution < 1.29 is 4.74 Å². The predicted octanol–water partition coefficient (Wildman–Crippen LogP) is 5.06. The molecule has 0 aliphatic carbocycles. The highest BCUT2D eigenvalue weighted by Crippen LogP contribution is 2.35. The summed E-state index contributed by atoms with van der Waals surface area (Å²) < 4.78 is 10.2. The average molecular weight is 462 g/mol. The van der Waals surface area contributed by atoms with Crippen LogP contribution in [0.25, 0.3) is 37.6 Å². The Morgan fingerprint density at radius 1 is 1.09 bits per heavy atom. The normalized spacial score (nSPS) is 11.7. The lowest BCUT2D eigenvalue weighted by Crippen LogP contribution is -2.08. The molecule has 6 rings (SSSR count). The van der Waals surface area contributed by atoms with Gasteiger partial charge in [-0.15, -0.1) is 16.4 Å². The molecule has 0 fully saturated rings. The van der Waals surface area contributed by atoms with E-state index in [2.05, 4.69) is 28.2 Å². The number of thiophene rings is 1. The fraction of sp³-hybridized carbons (Fsp3) is 0.136. The molecule has 5 heterocycles. The molecule has 0 amide bonds. The van der Waals surface area contributed by atoms with Crippen molar-refractivity contribution in [2.75, 3.05) is 0 Å². The first kappa shape index (κ1) is 19.1. The Kier molecular flexibility index (Phi) is 4.34. The number of ether oxygens (including phenoxy) is 1. The molecule has 158 valence electrons. The van der Waals surface area contributed by atoms with Gasteiger partial charge in [0.1, 0.15) is 27.3 Å². The summed E-state index contributed by atoms with van der Waals surface area (Å²) in [5, 5.41) is 10.7. The Bertz CT molecular complexity index is 1620. The van der Waals surface area contributed by atoms with Gasteiger partial charge in [0.15, 0.2) is 12.4 Å². The lowest BCUT2D eigenvalue weighted by Gasteiger charge is -2.08. The van der Waals surface area contributed by atoms with Crippen molar-refractivity contribution in [3.63, 3.8) is 0 Å². The number of hydrogen-bond acceptors (Lipinski definition) is 7. The molecule has 0 N–H and O–H groups in total. The maximum Gasteiger partial charge on any atom is 0.200 e. The number of nitrogens with zero attached hydrogens (tertiary/aromatic N) is 7. The van der Waals surface area contributed by atoms with Crippen molar-refractivity contribution in [1.29, 1.82) is 0 Å². The molecule has 0 bridgehead atoms. The molecule has 0 unspecified atom stereocenters. The summed E-state index contributed by atoms with van der Waals surface area (Å²) in [4.78, 5) is 15.1. The lowest BCUT2D eigenvalue weighted by atomic mass is 10.1. The molecule has 0 spiro atoms. The van der Waals surface area contributed by atoms with Crippen LogP contribution in [0.3, 0.4) is 0 Å². The first-order chi connectivity index (χ1) is 15.6. The molecule has 1 aromatic carbocycles. The van der Waals surface area contributed by atoms with Gasteiger partial charge in [0.05, 0.1) is 5.52 Å². The van der Waals surface area contributed by atoms with Crippen molar-refractivity contribution in [1.82, 2.24) is 34.3 Å². The highest BCUT2D eigenvalue weighted by atomic mass is 35.5. The second-order valence-electron chi connectivity index (χ2n) is 7.43. The zero-order valence-corrected chi connectivity index (χ0v) is 18.7. The Morgan fingerprint density at radius 3 is 2.78 bits per heavy atom. The first-order valence-electron chi connectivity index (χ1n) is 9.89. The molecular weight excluding hydrogens is 446 g/mol. The standard InChI is InChI=1S/C22H16ClN7OS/c1-12-9-13(2)26-22-17(12)18-19(32-22)21-27-20(28-29(21)10-24-18)16-7-8-25-30(16)11-31-15-5-3-14(23)4-6-15/h3-10H,11H2,1-2H3. The van der Waals surface area contributed by atoms with Crippen molar-refractivity contribution in [2.45, 2.75) is 20.6 Å². The van der Waals surface area contributed by atoms with Gasteiger partial charge in [-0.05, 0) is 55.8 Å². The molecule has 0 atom stereocenters. The maximum absolute atomic E-state index is 5.94. The number of aryl methyl sites for hydroxylation is 2. The smallest absolute Gasteiger partial charge is 0.200 e. The van der Waals surface area contributed by atoms with E-state index in [0.717, 1.165) is 43.0 Å². The van der Waals surface area contributed by atoms with Gasteiger partial charge in [0, 0.05) is 22.3 Å². The highest BCUT2D eigenvalue weighted by Gasteiger charge is 2.18. The number of aromatic nitrogens is 7. The molecule has 0 radical (unpaired) electrons. The van der Waals surface area contributed by atoms with E-state index in [1.165, 1.54) is 0 Å². The first-order valence-corrected chi connectivity index (χ1v) is 11.1. The van der Waals surface area contributed by atoms with Crippen LogP contribution in [0, 0.1) is 13.8 Å². The summed E-state index contributed by atoms with van der Waals surface area (Å²) in [7, 11) is 0. The van der Waals surface area contributed by atoms with E-state index in [4.69, 9.17) is 26.3 Å². The van der Waals surface area contributed by atoms with Crippen LogP contribution >= 0.6 is 22.9 Å². The van der Waals surface area contributed by atoms with E-state index in [-0.39, 0.29) is 6.73 Å². The van der Waals surface area contributed by atoms with Gasteiger partial charge in [-0.1, -0.05) is 11.6 Å². The fourth-order valence-electron chi connectivity index (χ4n) is 3.77. The lowest BCUT2D eigenvalue weighted by molar-refractivity contribution is 0.223. The van der Waals surface area contributed by atoms with Crippen LogP contribution < -0.4 is 4.74 Å². The predicted molar refractivity (Wildman–Crippen MR) is 124 cm³/mol. The number of hydrogen-bond donors (Lipinski definition) is 0. The second-order valence-corrected chi connectivity index (χ2v) is 8.87. The van der Waals surface area contributed by atoms with Crippen molar-refractivity contribution in [2.24, 2.45) is 0 Å². The molecule has 5 aromatic heterocycles. The number of fused-ring (bicyclic) bond motifs is 5. The average Bonchev–Trinajstić information content (AvgIpc) is 3.48. The number of halogens is 1. The molecule has 0 aliphatic rings. The Labute approximate surface area is 191 Å². The van der Waals surface area contributed by atoms with E-state index in [0.29, 0.717) is 16.6 Å². The molecule has 0 saturated heterocycles. The molecule has 8 nitrogen and oxygen atoms in total. The van der Waals surface area contributed by atoms with Gasteiger partial charge < -0.3 is 4.74 Å². The number of pyridine rings is 1. The Hall–Kier alpha value is -3.56. The van der Waals surface area contributed by atoms with Crippen LogP contribution in [0.15, 0.2) is 48.9 Å². The molecule has 0 aliphatic heterocycles. The third-order valence-corrected chi connectivity index (χ3v) is 6.53. The van der Waals surface area contributed by atoms with Crippen LogP contribution in [0.4, 0.5) is 0 Å². The zero-order chi connectivity index (χ0) is 21.8. The highest BCUT2D eigenvalue weighted by molar-refractivity contribution is 7.26. The third kappa shape index (κ3) is 3.09. The maximum atomic E-state index is 5.94. The van der Waals surface area contributed by atoms with Gasteiger partial charge in [0.25, 0.3) is 0 Å². The van der Waals surface area contributed by atoms with E-state index in [1.807, 2.05) is 25.1 Å².